The van der Waals surface area contributed by atoms with Crippen molar-refractivity contribution in [3.8, 4) is 5.75 Å². The highest BCUT2D eigenvalue weighted by molar-refractivity contribution is 9.10. The van der Waals surface area contributed by atoms with E-state index in [4.69, 9.17) is 4.74 Å². The van der Waals surface area contributed by atoms with Gasteiger partial charge in [0.2, 0.25) is 0 Å². The van der Waals surface area contributed by atoms with Crippen molar-refractivity contribution in [2.45, 2.75) is 6.10 Å². The number of β-amino-alcohol motifs (C(OH)–C–C–N with tert-alkyl or cyclic N) is 1. The Hall–Kier alpha value is -2.08. The highest BCUT2D eigenvalue weighted by Gasteiger charge is 2.19. The van der Waals surface area contributed by atoms with Crippen molar-refractivity contribution >= 4 is 32.4 Å². The monoisotopic (exact) mass is 440 g/mol. The van der Waals surface area contributed by atoms with Gasteiger partial charge in [0.15, 0.2) is 0 Å². The van der Waals surface area contributed by atoms with Gasteiger partial charge >= 0.3 is 0 Å². The van der Waals surface area contributed by atoms with Gasteiger partial charge in [0, 0.05) is 42.9 Å². The first-order valence-electron chi connectivity index (χ1n) is 9.70. The molecule has 0 aliphatic carbocycles. The van der Waals surface area contributed by atoms with Crippen LogP contribution in [0.15, 0.2) is 71.2 Å². The topological polar surface area (TPSA) is 35.9 Å². The molecule has 1 N–H and O–H groups in total. The molecule has 0 bridgehead atoms. The molecule has 3 aromatic rings. The van der Waals surface area contributed by atoms with Gasteiger partial charge in [-0.2, -0.15) is 0 Å². The molecule has 28 heavy (non-hydrogen) atoms. The maximum atomic E-state index is 10.4. The van der Waals surface area contributed by atoms with Crippen molar-refractivity contribution in [3.05, 3.63) is 71.2 Å². The minimum atomic E-state index is -0.496. The first kappa shape index (κ1) is 19.2. The molecule has 0 spiro atoms. The van der Waals surface area contributed by atoms with Gasteiger partial charge in [0.1, 0.15) is 18.5 Å². The summed E-state index contributed by atoms with van der Waals surface area (Å²) in [6.07, 6.45) is -0.496. The molecular weight excluding hydrogens is 416 g/mol. The minimum absolute atomic E-state index is 0.306. The first-order valence-corrected chi connectivity index (χ1v) is 10.5. The van der Waals surface area contributed by atoms with Crippen LogP contribution < -0.4 is 9.64 Å². The fraction of sp³-hybridized carbons (Fsp3) is 0.304. The fourth-order valence-electron chi connectivity index (χ4n) is 3.66. The van der Waals surface area contributed by atoms with E-state index < -0.39 is 6.10 Å². The van der Waals surface area contributed by atoms with Crippen LogP contribution in [0, 0.1) is 0 Å². The van der Waals surface area contributed by atoms with Crippen LogP contribution in [0.1, 0.15) is 0 Å². The Kier molecular flexibility index (Phi) is 6.15. The lowest BCUT2D eigenvalue weighted by Crippen LogP contribution is -2.49. The molecule has 0 saturated carbocycles. The number of para-hydroxylation sites is 1. The zero-order valence-electron chi connectivity index (χ0n) is 15.8. The number of aliphatic hydroxyl groups excluding tert-OH is 1. The number of anilines is 1. The van der Waals surface area contributed by atoms with Gasteiger partial charge in [-0.15, -0.1) is 0 Å². The smallest absolute Gasteiger partial charge is 0.120 e. The molecule has 146 valence electrons. The zero-order chi connectivity index (χ0) is 19.3. The Morgan fingerprint density at radius 1 is 0.893 bits per heavy atom. The number of benzene rings is 3. The number of piperazine rings is 1. The third-order valence-electron chi connectivity index (χ3n) is 5.18. The van der Waals surface area contributed by atoms with E-state index in [1.165, 1.54) is 11.1 Å². The van der Waals surface area contributed by atoms with Crippen LogP contribution in [0.3, 0.4) is 0 Å². The quantitative estimate of drug-likeness (QED) is 0.623. The van der Waals surface area contributed by atoms with Crippen molar-refractivity contribution in [2.75, 3.05) is 44.2 Å². The van der Waals surface area contributed by atoms with Gasteiger partial charge in [-0.05, 0) is 47.2 Å². The van der Waals surface area contributed by atoms with Gasteiger partial charge in [-0.3, -0.25) is 4.90 Å². The second-order valence-electron chi connectivity index (χ2n) is 7.24. The molecule has 3 aromatic carbocycles. The molecule has 4 nitrogen and oxygen atoms in total. The number of nitrogens with zero attached hydrogens (tertiary/aromatic N) is 2. The summed E-state index contributed by atoms with van der Waals surface area (Å²) < 4.78 is 6.91. The molecule has 1 aliphatic heterocycles. The lowest BCUT2D eigenvalue weighted by atomic mass is 10.1. The maximum Gasteiger partial charge on any atom is 0.120 e. The summed E-state index contributed by atoms with van der Waals surface area (Å²) in [6, 6.07) is 22.7. The summed E-state index contributed by atoms with van der Waals surface area (Å²) in [5.41, 5.74) is 1.27. The van der Waals surface area contributed by atoms with Crippen molar-refractivity contribution in [1.82, 2.24) is 4.90 Å². The zero-order valence-corrected chi connectivity index (χ0v) is 17.4. The van der Waals surface area contributed by atoms with Crippen LogP contribution in [0.4, 0.5) is 5.69 Å². The molecule has 1 fully saturated rings. The largest absolute Gasteiger partial charge is 0.491 e. The van der Waals surface area contributed by atoms with Crippen molar-refractivity contribution in [3.63, 3.8) is 0 Å². The predicted molar refractivity (Wildman–Crippen MR) is 118 cm³/mol. The summed E-state index contributed by atoms with van der Waals surface area (Å²) in [7, 11) is 0. The second kappa shape index (κ2) is 8.95. The van der Waals surface area contributed by atoms with Crippen LogP contribution in [0.5, 0.6) is 5.75 Å². The molecule has 4 rings (SSSR count). The number of fused-ring (bicyclic) bond motifs is 1. The average Bonchev–Trinajstić information content (AvgIpc) is 2.73. The number of ether oxygens (including phenoxy) is 1. The molecule has 0 aromatic heterocycles. The van der Waals surface area contributed by atoms with E-state index >= 15 is 0 Å². The van der Waals surface area contributed by atoms with Crippen LogP contribution in [0.2, 0.25) is 0 Å². The summed E-state index contributed by atoms with van der Waals surface area (Å²) in [6.45, 7) is 4.83. The van der Waals surface area contributed by atoms with Crippen molar-refractivity contribution in [1.29, 1.82) is 0 Å². The fourth-order valence-corrected chi connectivity index (χ4v) is 4.03. The molecule has 1 saturated heterocycles. The van der Waals surface area contributed by atoms with E-state index in [1.54, 1.807) is 0 Å². The summed E-state index contributed by atoms with van der Waals surface area (Å²) in [5, 5.41) is 12.7. The number of rotatable bonds is 6. The van der Waals surface area contributed by atoms with Crippen LogP contribution >= 0.6 is 15.9 Å². The van der Waals surface area contributed by atoms with E-state index in [1.807, 2.05) is 30.3 Å². The molecule has 1 heterocycles. The normalized spacial score (nSPS) is 16.3. The lowest BCUT2D eigenvalue weighted by Gasteiger charge is -2.36. The Balaban J connectivity index is 1.25. The highest BCUT2D eigenvalue weighted by Crippen LogP contribution is 2.24. The molecule has 1 aliphatic rings. The van der Waals surface area contributed by atoms with Gasteiger partial charge in [0.05, 0.1) is 0 Å². The third-order valence-corrected chi connectivity index (χ3v) is 5.67. The summed E-state index contributed by atoms with van der Waals surface area (Å²) in [4.78, 5) is 4.71. The van der Waals surface area contributed by atoms with Gasteiger partial charge in [-0.1, -0.05) is 46.3 Å². The highest BCUT2D eigenvalue weighted by atomic mass is 79.9. The van der Waals surface area contributed by atoms with Crippen molar-refractivity contribution in [2.24, 2.45) is 0 Å². The SMILES string of the molecule is O[C@@H](COc1ccc2cc(Br)ccc2c1)CN1CCN(c2ccccc2)CC1. The summed E-state index contributed by atoms with van der Waals surface area (Å²) in [5.74, 6) is 0.794. The van der Waals surface area contributed by atoms with E-state index in [2.05, 4.69) is 62.1 Å². The van der Waals surface area contributed by atoms with E-state index in [0.717, 1.165) is 41.8 Å². The Morgan fingerprint density at radius 3 is 2.39 bits per heavy atom. The van der Waals surface area contributed by atoms with Gasteiger partial charge in [-0.25, -0.2) is 0 Å². The Bertz CT molecular complexity index is 911. The average molecular weight is 441 g/mol. The standard InChI is InChI=1S/C23H25BrN2O2/c24-20-8-6-19-15-23(9-7-18(19)14-20)28-17-22(27)16-25-10-12-26(13-11-25)21-4-2-1-3-5-21/h1-9,14-15,22,27H,10-13,16-17H2/t22-/m1/s1. The molecule has 0 radical (unpaired) electrons. The molecule has 5 heteroatoms. The van der Waals surface area contributed by atoms with E-state index in [0.29, 0.717) is 13.2 Å². The van der Waals surface area contributed by atoms with E-state index in [-0.39, 0.29) is 0 Å². The van der Waals surface area contributed by atoms with Crippen LogP contribution in [-0.2, 0) is 0 Å². The molecular formula is C23H25BrN2O2. The maximum absolute atomic E-state index is 10.4. The van der Waals surface area contributed by atoms with E-state index in [9.17, 15) is 5.11 Å². The third kappa shape index (κ3) is 4.85. The number of hydrogen-bond donors (Lipinski definition) is 1. The summed E-state index contributed by atoms with van der Waals surface area (Å²) >= 11 is 3.49. The number of hydrogen-bond acceptors (Lipinski definition) is 4. The first-order chi connectivity index (χ1) is 13.7. The van der Waals surface area contributed by atoms with Gasteiger partial charge < -0.3 is 14.7 Å². The van der Waals surface area contributed by atoms with Crippen LogP contribution in [-0.4, -0.2) is 55.4 Å². The molecule has 0 unspecified atom stereocenters. The second-order valence-corrected chi connectivity index (χ2v) is 8.16. The minimum Gasteiger partial charge on any atom is -0.491 e. The van der Waals surface area contributed by atoms with Crippen molar-refractivity contribution < 1.29 is 9.84 Å². The lowest BCUT2D eigenvalue weighted by molar-refractivity contribution is 0.0663. The molecule has 1 atom stereocenters. The van der Waals surface area contributed by atoms with Gasteiger partial charge in [0.25, 0.3) is 0 Å². The Morgan fingerprint density at radius 2 is 1.61 bits per heavy atom. The molecule has 0 amide bonds. The predicted octanol–water partition coefficient (Wildman–Crippen LogP) is 4.16. The Labute approximate surface area is 174 Å². The van der Waals surface area contributed by atoms with Crippen LogP contribution in [0.25, 0.3) is 10.8 Å². The number of halogens is 1. The number of aliphatic hydroxyl groups is 1.